The fourth-order valence-electron chi connectivity index (χ4n) is 1.61. The van der Waals surface area contributed by atoms with E-state index in [1.807, 2.05) is 62.6 Å². The molecule has 87 valence electrons. The Balaban J connectivity index is 2.27. The predicted octanol–water partition coefficient (Wildman–Crippen LogP) is 3.35. The van der Waals surface area contributed by atoms with Crippen LogP contribution in [-0.4, -0.2) is 12.9 Å². The molecule has 2 aromatic rings. The number of rotatable bonds is 4. The summed E-state index contributed by atoms with van der Waals surface area (Å²) in [6.07, 6.45) is 1.98. The normalized spacial score (nSPS) is 11.4. The van der Waals surface area contributed by atoms with Gasteiger partial charge in [0.15, 0.2) is 0 Å². The third-order valence-corrected chi connectivity index (χ3v) is 2.61. The maximum atomic E-state index is 10.7. The standard InChI is InChI=1S/C15H15O2/c1-15(2,10-16)11-17-14-9-5-7-12-6-3-4-8-13(12)14/h3-9H,11H2,1-2H3. The van der Waals surface area contributed by atoms with Crippen LogP contribution in [-0.2, 0) is 4.79 Å². The van der Waals surface area contributed by atoms with Crippen molar-refractivity contribution in [3.8, 4) is 5.75 Å². The third kappa shape index (κ3) is 2.64. The van der Waals surface area contributed by atoms with Crippen molar-refractivity contribution < 1.29 is 9.53 Å². The van der Waals surface area contributed by atoms with E-state index in [0.717, 1.165) is 16.5 Å². The summed E-state index contributed by atoms with van der Waals surface area (Å²) in [6.45, 7) is 3.96. The molecule has 0 atom stereocenters. The van der Waals surface area contributed by atoms with Gasteiger partial charge in [-0.25, -0.2) is 0 Å². The molecule has 0 heterocycles. The molecule has 1 radical (unpaired) electrons. The second kappa shape index (κ2) is 4.58. The van der Waals surface area contributed by atoms with Gasteiger partial charge in [-0.2, -0.15) is 0 Å². The average molecular weight is 227 g/mol. The lowest BCUT2D eigenvalue weighted by Gasteiger charge is -2.17. The van der Waals surface area contributed by atoms with Gasteiger partial charge in [-0.05, 0) is 25.3 Å². The molecule has 0 fully saturated rings. The van der Waals surface area contributed by atoms with E-state index in [2.05, 4.69) is 0 Å². The van der Waals surface area contributed by atoms with Gasteiger partial charge in [-0.1, -0.05) is 36.4 Å². The van der Waals surface area contributed by atoms with Crippen LogP contribution in [0.3, 0.4) is 0 Å². The van der Waals surface area contributed by atoms with Gasteiger partial charge in [-0.15, -0.1) is 0 Å². The number of carbonyl (C=O) groups excluding carboxylic acids is 1. The summed E-state index contributed by atoms with van der Waals surface area (Å²) in [5, 5.41) is 2.20. The number of ether oxygens (including phenoxy) is 1. The molecule has 0 aliphatic rings. The van der Waals surface area contributed by atoms with Crippen molar-refractivity contribution in [2.75, 3.05) is 6.61 Å². The first-order chi connectivity index (χ1) is 8.12. The fraction of sp³-hybridized carbons (Fsp3) is 0.267. The highest BCUT2D eigenvalue weighted by atomic mass is 16.5. The smallest absolute Gasteiger partial charge is 0.208 e. The van der Waals surface area contributed by atoms with E-state index in [1.165, 1.54) is 0 Å². The van der Waals surface area contributed by atoms with Gasteiger partial charge in [0.2, 0.25) is 6.29 Å². The molecule has 0 N–H and O–H groups in total. The van der Waals surface area contributed by atoms with Crippen molar-refractivity contribution >= 4 is 17.1 Å². The quantitative estimate of drug-likeness (QED) is 0.800. The average Bonchev–Trinajstić information content (AvgIpc) is 2.36. The van der Waals surface area contributed by atoms with Gasteiger partial charge in [-0.3, -0.25) is 4.79 Å². The Kier molecular flexibility index (Phi) is 3.14. The minimum Gasteiger partial charge on any atom is -0.492 e. The Morgan fingerprint density at radius 2 is 1.82 bits per heavy atom. The predicted molar refractivity (Wildman–Crippen MR) is 68.9 cm³/mol. The third-order valence-electron chi connectivity index (χ3n) is 2.61. The van der Waals surface area contributed by atoms with Crippen LogP contribution in [0.4, 0.5) is 0 Å². The van der Waals surface area contributed by atoms with Gasteiger partial charge in [0.05, 0.1) is 5.41 Å². The number of fused-ring (bicyclic) bond motifs is 1. The molecule has 0 aliphatic heterocycles. The summed E-state index contributed by atoms with van der Waals surface area (Å²) in [7, 11) is 0. The maximum absolute atomic E-state index is 10.7. The summed E-state index contributed by atoms with van der Waals surface area (Å²) in [4.78, 5) is 10.7. The van der Waals surface area contributed by atoms with Crippen LogP contribution >= 0.6 is 0 Å². The molecule has 2 aromatic carbocycles. The van der Waals surface area contributed by atoms with Crippen molar-refractivity contribution in [3.05, 3.63) is 42.5 Å². The second-order valence-electron chi connectivity index (χ2n) is 4.75. The van der Waals surface area contributed by atoms with E-state index in [1.54, 1.807) is 0 Å². The topological polar surface area (TPSA) is 26.3 Å². The zero-order valence-corrected chi connectivity index (χ0v) is 10.1. The highest BCUT2D eigenvalue weighted by Crippen LogP contribution is 2.26. The van der Waals surface area contributed by atoms with E-state index < -0.39 is 5.41 Å². The Hall–Kier alpha value is -1.83. The summed E-state index contributed by atoms with van der Waals surface area (Å²) in [6, 6.07) is 13.9. The fourth-order valence-corrected chi connectivity index (χ4v) is 1.61. The van der Waals surface area contributed by atoms with Crippen LogP contribution < -0.4 is 4.74 Å². The summed E-state index contributed by atoms with van der Waals surface area (Å²) in [5.74, 6) is 0.812. The Bertz CT molecular complexity index is 524. The van der Waals surface area contributed by atoms with Crippen molar-refractivity contribution in [1.29, 1.82) is 0 Å². The summed E-state index contributed by atoms with van der Waals surface area (Å²) < 4.78 is 5.71. The van der Waals surface area contributed by atoms with Crippen LogP contribution in [0.5, 0.6) is 5.75 Å². The number of benzene rings is 2. The first-order valence-corrected chi connectivity index (χ1v) is 5.62. The molecule has 2 heteroatoms. The summed E-state index contributed by atoms with van der Waals surface area (Å²) >= 11 is 0. The van der Waals surface area contributed by atoms with Crippen LogP contribution in [0, 0.1) is 5.41 Å². The molecular weight excluding hydrogens is 212 g/mol. The molecule has 0 bridgehead atoms. The lowest BCUT2D eigenvalue weighted by atomic mass is 9.97. The molecule has 0 amide bonds. The second-order valence-corrected chi connectivity index (χ2v) is 4.75. The molecular formula is C15H15O2. The van der Waals surface area contributed by atoms with Gasteiger partial charge in [0, 0.05) is 5.39 Å². The van der Waals surface area contributed by atoms with E-state index in [4.69, 9.17) is 4.74 Å². The van der Waals surface area contributed by atoms with Crippen molar-refractivity contribution in [1.82, 2.24) is 0 Å². The molecule has 0 unspecified atom stereocenters. The highest BCUT2D eigenvalue weighted by molar-refractivity contribution is 5.88. The Morgan fingerprint density at radius 3 is 2.59 bits per heavy atom. The minimum atomic E-state index is -0.572. The Morgan fingerprint density at radius 1 is 1.12 bits per heavy atom. The molecule has 0 aliphatic carbocycles. The van der Waals surface area contributed by atoms with E-state index >= 15 is 0 Å². The highest BCUT2D eigenvalue weighted by Gasteiger charge is 2.19. The van der Waals surface area contributed by atoms with Crippen LogP contribution in [0.1, 0.15) is 13.8 Å². The van der Waals surface area contributed by atoms with E-state index in [-0.39, 0.29) is 0 Å². The van der Waals surface area contributed by atoms with Crippen LogP contribution in [0.2, 0.25) is 0 Å². The first-order valence-electron chi connectivity index (χ1n) is 5.62. The Labute approximate surface area is 101 Å². The van der Waals surface area contributed by atoms with Crippen molar-refractivity contribution in [3.63, 3.8) is 0 Å². The molecule has 0 saturated carbocycles. The van der Waals surface area contributed by atoms with Crippen LogP contribution in [0.25, 0.3) is 10.8 Å². The largest absolute Gasteiger partial charge is 0.492 e. The lowest BCUT2D eigenvalue weighted by molar-refractivity contribution is 0.233. The van der Waals surface area contributed by atoms with E-state index in [0.29, 0.717) is 6.61 Å². The van der Waals surface area contributed by atoms with E-state index in [9.17, 15) is 4.79 Å². The maximum Gasteiger partial charge on any atom is 0.208 e. The number of hydrogen-bond acceptors (Lipinski definition) is 2. The molecule has 2 rings (SSSR count). The monoisotopic (exact) mass is 227 g/mol. The van der Waals surface area contributed by atoms with Gasteiger partial charge in [0.25, 0.3) is 0 Å². The molecule has 2 nitrogen and oxygen atoms in total. The minimum absolute atomic E-state index is 0.338. The molecule has 0 aromatic heterocycles. The molecule has 17 heavy (non-hydrogen) atoms. The zero-order chi connectivity index (χ0) is 12.3. The zero-order valence-electron chi connectivity index (χ0n) is 10.1. The van der Waals surface area contributed by atoms with Crippen molar-refractivity contribution in [2.24, 2.45) is 5.41 Å². The molecule has 0 saturated heterocycles. The lowest BCUT2D eigenvalue weighted by Crippen LogP contribution is -2.22. The van der Waals surface area contributed by atoms with Gasteiger partial charge in [0.1, 0.15) is 12.4 Å². The van der Waals surface area contributed by atoms with Gasteiger partial charge < -0.3 is 4.74 Å². The van der Waals surface area contributed by atoms with Crippen LogP contribution in [0.15, 0.2) is 42.5 Å². The summed E-state index contributed by atoms with van der Waals surface area (Å²) in [5.41, 5.74) is -0.572. The number of hydrogen-bond donors (Lipinski definition) is 0. The SMILES string of the molecule is CC(C)([C]=O)COc1cccc2ccccc12. The first kappa shape index (κ1) is 11.6. The van der Waals surface area contributed by atoms with Gasteiger partial charge >= 0.3 is 0 Å². The molecule has 0 spiro atoms. The van der Waals surface area contributed by atoms with Crippen molar-refractivity contribution in [2.45, 2.75) is 13.8 Å².